The number of nitrogens with two attached hydrogens (primary N) is 1. The third-order valence-electron chi connectivity index (χ3n) is 3.40. The Kier molecular flexibility index (Phi) is 5.07. The van der Waals surface area contributed by atoms with Gasteiger partial charge in [-0.25, -0.2) is 0 Å². The summed E-state index contributed by atoms with van der Waals surface area (Å²) in [6.07, 6.45) is 6.56. The second-order valence-corrected chi connectivity index (χ2v) is 5.97. The van der Waals surface area contributed by atoms with Crippen molar-refractivity contribution in [2.24, 2.45) is 11.7 Å². The SMILES string of the molecule is CC1CCCN(CCCC(C)(C)N)CC1. The molecular formula is C13H28N2. The lowest BCUT2D eigenvalue weighted by Gasteiger charge is -2.23. The maximum Gasteiger partial charge on any atom is 0.00975 e. The molecule has 1 fully saturated rings. The van der Waals surface area contributed by atoms with Gasteiger partial charge in [-0.15, -0.1) is 0 Å². The van der Waals surface area contributed by atoms with E-state index in [1.165, 1.54) is 45.3 Å². The van der Waals surface area contributed by atoms with Crippen molar-refractivity contribution in [3.05, 3.63) is 0 Å². The summed E-state index contributed by atoms with van der Waals surface area (Å²) in [4.78, 5) is 2.62. The lowest BCUT2D eigenvalue weighted by Crippen LogP contribution is -2.34. The molecule has 1 rings (SSSR count). The zero-order valence-corrected chi connectivity index (χ0v) is 10.8. The van der Waals surface area contributed by atoms with Crippen molar-refractivity contribution < 1.29 is 0 Å². The Morgan fingerprint density at radius 1 is 1.27 bits per heavy atom. The zero-order valence-electron chi connectivity index (χ0n) is 10.8. The molecule has 90 valence electrons. The summed E-state index contributed by atoms with van der Waals surface area (Å²) in [6, 6.07) is 0. The molecule has 1 saturated heterocycles. The summed E-state index contributed by atoms with van der Waals surface area (Å²) in [7, 11) is 0. The van der Waals surface area contributed by atoms with Gasteiger partial charge in [0.2, 0.25) is 0 Å². The van der Waals surface area contributed by atoms with Gasteiger partial charge >= 0.3 is 0 Å². The smallest absolute Gasteiger partial charge is 0.00975 e. The number of likely N-dealkylation sites (tertiary alicyclic amines) is 1. The minimum Gasteiger partial charge on any atom is -0.326 e. The maximum atomic E-state index is 5.99. The first-order chi connectivity index (χ1) is 6.97. The van der Waals surface area contributed by atoms with Crippen LogP contribution in [0.5, 0.6) is 0 Å². The standard InChI is InChI=1S/C13H28N2/c1-12-6-4-9-15(11-7-12)10-5-8-13(2,3)14/h12H,4-11,14H2,1-3H3. The van der Waals surface area contributed by atoms with Crippen LogP contribution in [0.15, 0.2) is 0 Å². The Balaban J connectivity index is 2.15. The van der Waals surface area contributed by atoms with Gasteiger partial charge in [-0.05, 0) is 71.5 Å². The Labute approximate surface area is 95.2 Å². The first kappa shape index (κ1) is 13.0. The van der Waals surface area contributed by atoms with Crippen LogP contribution in [0.25, 0.3) is 0 Å². The molecule has 2 nitrogen and oxygen atoms in total. The molecule has 0 radical (unpaired) electrons. The van der Waals surface area contributed by atoms with Crippen LogP contribution in [0, 0.1) is 5.92 Å². The molecule has 1 atom stereocenters. The Hall–Kier alpha value is -0.0800. The third kappa shape index (κ3) is 6.16. The second-order valence-electron chi connectivity index (χ2n) is 5.97. The molecular weight excluding hydrogens is 184 g/mol. The van der Waals surface area contributed by atoms with E-state index in [4.69, 9.17) is 5.73 Å². The van der Waals surface area contributed by atoms with Gasteiger partial charge in [0, 0.05) is 5.54 Å². The van der Waals surface area contributed by atoms with Crippen molar-refractivity contribution in [1.82, 2.24) is 4.90 Å². The topological polar surface area (TPSA) is 29.3 Å². The first-order valence-corrected chi connectivity index (χ1v) is 6.48. The van der Waals surface area contributed by atoms with E-state index >= 15 is 0 Å². The molecule has 15 heavy (non-hydrogen) atoms. The number of hydrogen-bond donors (Lipinski definition) is 1. The predicted molar refractivity (Wildman–Crippen MR) is 67.0 cm³/mol. The van der Waals surface area contributed by atoms with Crippen LogP contribution in [0.3, 0.4) is 0 Å². The van der Waals surface area contributed by atoms with Crippen molar-refractivity contribution in [2.45, 2.75) is 58.4 Å². The van der Waals surface area contributed by atoms with E-state index < -0.39 is 0 Å². The van der Waals surface area contributed by atoms with Crippen LogP contribution in [0.2, 0.25) is 0 Å². The van der Waals surface area contributed by atoms with E-state index in [2.05, 4.69) is 25.7 Å². The van der Waals surface area contributed by atoms with Crippen LogP contribution in [-0.2, 0) is 0 Å². The largest absolute Gasteiger partial charge is 0.326 e. The molecule has 1 heterocycles. The van der Waals surface area contributed by atoms with Gasteiger partial charge in [-0.2, -0.15) is 0 Å². The van der Waals surface area contributed by atoms with Gasteiger partial charge in [0.15, 0.2) is 0 Å². The molecule has 1 aliphatic rings. The van der Waals surface area contributed by atoms with Crippen LogP contribution in [-0.4, -0.2) is 30.1 Å². The minimum atomic E-state index is 0.0130. The number of hydrogen-bond acceptors (Lipinski definition) is 2. The van der Waals surface area contributed by atoms with Crippen molar-refractivity contribution in [1.29, 1.82) is 0 Å². The van der Waals surface area contributed by atoms with Crippen molar-refractivity contribution in [3.63, 3.8) is 0 Å². The molecule has 0 saturated carbocycles. The molecule has 0 aliphatic carbocycles. The highest BCUT2D eigenvalue weighted by Crippen LogP contribution is 2.17. The van der Waals surface area contributed by atoms with E-state index in [-0.39, 0.29) is 5.54 Å². The fourth-order valence-corrected chi connectivity index (χ4v) is 2.30. The summed E-state index contributed by atoms with van der Waals surface area (Å²) >= 11 is 0. The van der Waals surface area contributed by atoms with Gasteiger partial charge in [0.05, 0.1) is 0 Å². The third-order valence-corrected chi connectivity index (χ3v) is 3.40. The van der Waals surface area contributed by atoms with Crippen LogP contribution < -0.4 is 5.73 Å². The molecule has 1 aliphatic heterocycles. The molecule has 2 N–H and O–H groups in total. The number of rotatable bonds is 4. The van der Waals surface area contributed by atoms with E-state index in [9.17, 15) is 0 Å². The van der Waals surface area contributed by atoms with E-state index in [0.29, 0.717) is 0 Å². The monoisotopic (exact) mass is 212 g/mol. The average molecular weight is 212 g/mol. The van der Waals surface area contributed by atoms with Gasteiger partial charge in [-0.1, -0.05) is 6.92 Å². The van der Waals surface area contributed by atoms with E-state index in [1.807, 2.05) is 0 Å². The second kappa shape index (κ2) is 5.86. The Morgan fingerprint density at radius 2 is 2.00 bits per heavy atom. The summed E-state index contributed by atoms with van der Waals surface area (Å²) in [5.41, 5.74) is 6.00. The Morgan fingerprint density at radius 3 is 2.67 bits per heavy atom. The lowest BCUT2D eigenvalue weighted by atomic mass is 10.00. The van der Waals surface area contributed by atoms with Gasteiger partial charge in [0.25, 0.3) is 0 Å². The minimum absolute atomic E-state index is 0.0130. The normalized spacial score (nSPS) is 25.2. The molecule has 1 unspecified atom stereocenters. The van der Waals surface area contributed by atoms with Gasteiger partial charge in [-0.3, -0.25) is 0 Å². The summed E-state index contributed by atoms with van der Waals surface area (Å²) in [5.74, 6) is 0.931. The van der Waals surface area contributed by atoms with Crippen molar-refractivity contribution in [3.8, 4) is 0 Å². The predicted octanol–water partition coefficient (Wildman–Crippen LogP) is 2.63. The quantitative estimate of drug-likeness (QED) is 0.776. The molecule has 0 amide bonds. The van der Waals surface area contributed by atoms with Crippen molar-refractivity contribution in [2.75, 3.05) is 19.6 Å². The molecule has 0 bridgehead atoms. The fraction of sp³-hybridized carbons (Fsp3) is 1.00. The average Bonchev–Trinajstić information content (AvgIpc) is 2.29. The first-order valence-electron chi connectivity index (χ1n) is 6.48. The molecule has 0 aromatic carbocycles. The highest BCUT2D eigenvalue weighted by molar-refractivity contribution is 4.73. The lowest BCUT2D eigenvalue weighted by molar-refractivity contribution is 0.266. The van der Waals surface area contributed by atoms with Crippen LogP contribution in [0.1, 0.15) is 52.9 Å². The van der Waals surface area contributed by atoms with Crippen molar-refractivity contribution >= 4 is 0 Å². The van der Waals surface area contributed by atoms with Crippen LogP contribution in [0.4, 0.5) is 0 Å². The summed E-state index contributed by atoms with van der Waals surface area (Å²) in [5, 5.41) is 0. The number of nitrogens with zero attached hydrogens (tertiary/aromatic N) is 1. The molecule has 2 heteroatoms. The molecule has 0 spiro atoms. The molecule has 0 aromatic rings. The van der Waals surface area contributed by atoms with Gasteiger partial charge < -0.3 is 10.6 Å². The maximum absolute atomic E-state index is 5.99. The van der Waals surface area contributed by atoms with Gasteiger partial charge in [0.1, 0.15) is 0 Å². The van der Waals surface area contributed by atoms with Crippen LogP contribution >= 0.6 is 0 Å². The fourth-order valence-electron chi connectivity index (χ4n) is 2.30. The summed E-state index contributed by atoms with van der Waals surface area (Å²) < 4.78 is 0. The van der Waals surface area contributed by atoms with E-state index in [1.54, 1.807) is 0 Å². The highest BCUT2D eigenvalue weighted by Gasteiger charge is 2.15. The van der Waals surface area contributed by atoms with E-state index in [0.717, 1.165) is 12.3 Å². The zero-order chi connectivity index (χ0) is 11.3. The molecule has 0 aromatic heterocycles. The highest BCUT2D eigenvalue weighted by atomic mass is 15.1. The Bertz CT molecular complexity index is 172. The summed E-state index contributed by atoms with van der Waals surface area (Å²) in [6.45, 7) is 10.5.